The largest absolute Gasteiger partial charge is 0.497 e. The van der Waals surface area contributed by atoms with E-state index in [4.69, 9.17) is 9.47 Å². The van der Waals surface area contributed by atoms with Gasteiger partial charge in [-0.2, -0.15) is 0 Å². The molecule has 2 N–H and O–H groups in total. The molecule has 0 saturated heterocycles. The summed E-state index contributed by atoms with van der Waals surface area (Å²) < 4.78 is 10.5. The van der Waals surface area contributed by atoms with Crippen LogP contribution in [0, 0.1) is 0 Å². The predicted molar refractivity (Wildman–Crippen MR) is 158 cm³/mol. The third kappa shape index (κ3) is 7.61. The highest BCUT2D eigenvalue weighted by Gasteiger charge is 2.16. The average molecular weight is 553 g/mol. The van der Waals surface area contributed by atoms with Crippen molar-refractivity contribution in [3.05, 3.63) is 126 Å². The zero-order valence-corrected chi connectivity index (χ0v) is 22.9. The lowest BCUT2D eigenvalue weighted by atomic mass is 10.1. The van der Waals surface area contributed by atoms with Gasteiger partial charge in [0.25, 0.3) is 11.8 Å². The number of anilines is 1. The molecule has 0 saturated carbocycles. The second-order valence-electron chi connectivity index (χ2n) is 8.54. The SMILES string of the molecule is COc1ccc(/C=C(\NC(=O)c2ccccc2)C(=O)Nc2ccc(SCC(=O)c3ccccc3OC)cc2)cc1. The zero-order chi connectivity index (χ0) is 28.3. The van der Waals surface area contributed by atoms with Crippen molar-refractivity contribution in [2.24, 2.45) is 0 Å². The lowest BCUT2D eigenvalue weighted by Gasteiger charge is -2.12. The van der Waals surface area contributed by atoms with E-state index in [0.717, 1.165) is 4.90 Å². The number of nitrogens with one attached hydrogen (secondary N) is 2. The molecule has 0 bridgehead atoms. The number of hydrogen-bond acceptors (Lipinski definition) is 6. The summed E-state index contributed by atoms with van der Waals surface area (Å²) in [5.74, 6) is 0.547. The smallest absolute Gasteiger partial charge is 0.272 e. The maximum absolute atomic E-state index is 13.2. The van der Waals surface area contributed by atoms with Crippen LogP contribution in [0.2, 0.25) is 0 Å². The summed E-state index contributed by atoms with van der Waals surface area (Å²) >= 11 is 1.39. The summed E-state index contributed by atoms with van der Waals surface area (Å²) in [5.41, 5.74) is 2.31. The topological polar surface area (TPSA) is 93.7 Å². The molecule has 4 aromatic rings. The zero-order valence-electron chi connectivity index (χ0n) is 22.0. The van der Waals surface area contributed by atoms with Gasteiger partial charge in [-0.25, -0.2) is 0 Å². The Morgan fingerprint density at radius 1 is 0.775 bits per heavy atom. The van der Waals surface area contributed by atoms with Gasteiger partial charge in [0.15, 0.2) is 5.78 Å². The fourth-order valence-electron chi connectivity index (χ4n) is 3.74. The fourth-order valence-corrected chi connectivity index (χ4v) is 4.53. The molecule has 0 atom stereocenters. The summed E-state index contributed by atoms with van der Waals surface area (Å²) in [6, 6.07) is 30.1. The van der Waals surface area contributed by atoms with E-state index in [2.05, 4.69) is 10.6 Å². The average Bonchev–Trinajstić information content (AvgIpc) is 3.00. The van der Waals surface area contributed by atoms with Crippen LogP contribution in [0.25, 0.3) is 6.08 Å². The van der Waals surface area contributed by atoms with Gasteiger partial charge in [0, 0.05) is 16.1 Å². The van der Waals surface area contributed by atoms with Gasteiger partial charge in [-0.15, -0.1) is 11.8 Å². The minimum atomic E-state index is -0.480. The van der Waals surface area contributed by atoms with Crippen LogP contribution in [0.15, 0.2) is 114 Å². The Morgan fingerprint density at radius 3 is 2.12 bits per heavy atom. The first-order valence-corrected chi connectivity index (χ1v) is 13.4. The Balaban J connectivity index is 1.45. The number of para-hydroxylation sites is 1. The number of ether oxygens (including phenoxy) is 2. The quantitative estimate of drug-likeness (QED) is 0.133. The molecule has 0 aliphatic carbocycles. The van der Waals surface area contributed by atoms with Crippen LogP contribution in [-0.2, 0) is 4.79 Å². The Kier molecular flexibility index (Phi) is 9.74. The number of benzene rings is 4. The van der Waals surface area contributed by atoms with Crippen LogP contribution >= 0.6 is 11.8 Å². The summed E-state index contributed by atoms with van der Waals surface area (Å²) in [5, 5.41) is 5.56. The standard InChI is InChI=1S/C32H28N2O5S/c1-38-25-16-12-22(13-17-25)20-28(34-31(36)23-8-4-3-5-9-23)32(37)33-24-14-18-26(19-15-24)40-21-29(35)27-10-6-7-11-30(27)39-2/h3-20H,21H2,1-2H3,(H,33,37)(H,34,36)/b28-20-. The summed E-state index contributed by atoms with van der Waals surface area (Å²) in [6.07, 6.45) is 1.60. The molecule has 8 heteroatoms. The minimum absolute atomic E-state index is 0.0395. The number of Topliss-reactive ketones (excluding diaryl/α,β-unsaturated/α-hetero) is 1. The number of methoxy groups -OCH3 is 2. The molecule has 0 unspecified atom stereocenters. The van der Waals surface area contributed by atoms with Crippen molar-refractivity contribution in [3.8, 4) is 11.5 Å². The Hall–Kier alpha value is -4.82. The number of hydrogen-bond donors (Lipinski definition) is 2. The van der Waals surface area contributed by atoms with Crippen LogP contribution in [0.3, 0.4) is 0 Å². The lowest BCUT2D eigenvalue weighted by Crippen LogP contribution is -2.30. The molecule has 4 aromatic carbocycles. The molecule has 0 heterocycles. The molecule has 0 aromatic heterocycles. The number of carbonyl (C=O) groups excluding carboxylic acids is 3. The third-order valence-electron chi connectivity index (χ3n) is 5.85. The number of thioether (sulfide) groups is 1. The van der Waals surface area contributed by atoms with Crippen molar-refractivity contribution >= 4 is 41.1 Å². The highest BCUT2D eigenvalue weighted by molar-refractivity contribution is 8.00. The molecule has 202 valence electrons. The van der Waals surface area contributed by atoms with E-state index >= 15 is 0 Å². The van der Waals surface area contributed by atoms with E-state index in [9.17, 15) is 14.4 Å². The van der Waals surface area contributed by atoms with Crippen molar-refractivity contribution in [3.63, 3.8) is 0 Å². The number of rotatable bonds is 11. The van der Waals surface area contributed by atoms with Crippen molar-refractivity contribution in [1.29, 1.82) is 0 Å². The van der Waals surface area contributed by atoms with E-state index in [1.165, 1.54) is 18.9 Å². The third-order valence-corrected chi connectivity index (χ3v) is 6.86. The van der Waals surface area contributed by atoms with Gasteiger partial charge in [-0.1, -0.05) is 42.5 Å². The highest BCUT2D eigenvalue weighted by atomic mass is 32.2. The van der Waals surface area contributed by atoms with Gasteiger partial charge < -0.3 is 20.1 Å². The second-order valence-corrected chi connectivity index (χ2v) is 9.59. The molecule has 0 fully saturated rings. The number of carbonyl (C=O) groups is 3. The normalized spacial score (nSPS) is 10.9. The summed E-state index contributed by atoms with van der Waals surface area (Å²) in [6.45, 7) is 0. The highest BCUT2D eigenvalue weighted by Crippen LogP contribution is 2.25. The van der Waals surface area contributed by atoms with E-state index in [1.807, 2.05) is 24.3 Å². The van der Waals surface area contributed by atoms with Gasteiger partial charge in [0.2, 0.25) is 0 Å². The first kappa shape index (κ1) is 28.2. The Bertz CT molecular complexity index is 1500. The van der Waals surface area contributed by atoms with Crippen molar-refractivity contribution in [2.75, 3.05) is 25.3 Å². The summed E-state index contributed by atoms with van der Waals surface area (Å²) in [7, 11) is 3.11. The van der Waals surface area contributed by atoms with Gasteiger partial charge in [-0.05, 0) is 72.3 Å². The van der Waals surface area contributed by atoms with Gasteiger partial charge >= 0.3 is 0 Å². The van der Waals surface area contributed by atoms with Gasteiger partial charge in [0.1, 0.15) is 17.2 Å². The van der Waals surface area contributed by atoms with E-state index in [-0.39, 0.29) is 17.2 Å². The Labute approximate surface area is 237 Å². The van der Waals surface area contributed by atoms with Crippen LogP contribution in [0.4, 0.5) is 5.69 Å². The van der Waals surface area contributed by atoms with Gasteiger partial charge in [-0.3, -0.25) is 14.4 Å². The molecule has 0 aliphatic heterocycles. The molecule has 0 radical (unpaired) electrons. The molecule has 0 spiro atoms. The molecule has 7 nitrogen and oxygen atoms in total. The maximum atomic E-state index is 13.2. The molecule has 0 aliphatic rings. The molecular weight excluding hydrogens is 524 g/mol. The van der Waals surface area contributed by atoms with Crippen LogP contribution in [0.5, 0.6) is 11.5 Å². The number of ketones is 1. The molecule has 4 rings (SSSR count). The predicted octanol–water partition coefficient (Wildman–Crippen LogP) is 6.09. The fraction of sp³-hybridized carbons (Fsp3) is 0.0938. The van der Waals surface area contributed by atoms with E-state index < -0.39 is 11.8 Å². The lowest BCUT2D eigenvalue weighted by molar-refractivity contribution is -0.113. The first-order chi connectivity index (χ1) is 19.5. The molecule has 2 amide bonds. The minimum Gasteiger partial charge on any atom is -0.497 e. The van der Waals surface area contributed by atoms with Crippen LogP contribution < -0.4 is 20.1 Å². The number of amides is 2. The van der Waals surface area contributed by atoms with Crippen LogP contribution in [0.1, 0.15) is 26.3 Å². The van der Waals surface area contributed by atoms with Gasteiger partial charge in [0.05, 0.1) is 25.5 Å². The maximum Gasteiger partial charge on any atom is 0.272 e. The van der Waals surface area contributed by atoms with E-state index in [1.54, 1.807) is 92.0 Å². The van der Waals surface area contributed by atoms with Crippen molar-refractivity contribution in [2.45, 2.75) is 4.90 Å². The van der Waals surface area contributed by atoms with Crippen LogP contribution in [-0.4, -0.2) is 37.6 Å². The molecular formula is C32H28N2O5S. The van der Waals surface area contributed by atoms with Crippen molar-refractivity contribution in [1.82, 2.24) is 5.32 Å². The summed E-state index contributed by atoms with van der Waals surface area (Å²) in [4.78, 5) is 39.6. The van der Waals surface area contributed by atoms with Crippen molar-refractivity contribution < 1.29 is 23.9 Å². The van der Waals surface area contributed by atoms with E-state index in [0.29, 0.717) is 33.9 Å². The monoisotopic (exact) mass is 552 g/mol. The Morgan fingerprint density at radius 2 is 1.45 bits per heavy atom. The molecule has 40 heavy (non-hydrogen) atoms. The first-order valence-electron chi connectivity index (χ1n) is 12.4. The second kappa shape index (κ2) is 13.8.